The van der Waals surface area contributed by atoms with E-state index < -0.39 is 6.10 Å². The van der Waals surface area contributed by atoms with Crippen LogP contribution < -0.4 is 0 Å². The molecule has 0 N–H and O–H groups in total. The van der Waals surface area contributed by atoms with Gasteiger partial charge in [-0.2, -0.15) is 0 Å². The summed E-state index contributed by atoms with van der Waals surface area (Å²) < 4.78 is 16.9. The average molecular weight is 952 g/mol. The number of rotatable bonds is 53. The maximum Gasteiger partial charge on any atom is 0.306 e. The number of carbonyl (C=O) groups is 3. The molecule has 0 aromatic rings. The minimum atomic E-state index is -0.787. The Bertz CT molecular complexity index is 1230. The summed E-state index contributed by atoms with van der Waals surface area (Å²) >= 11 is 0. The highest BCUT2D eigenvalue weighted by molar-refractivity contribution is 5.71. The zero-order valence-electron chi connectivity index (χ0n) is 45.1. The van der Waals surface area contributed by atoms with E-state index in [1.165, 1.54) is 161 Å². The summed E-state index contributed by atoms with van der Waals surface area (Å²) in [5, 5.41) is 0. The highest BCUT2D eigenvalue weighted by atomic mass is 16.6. The molecule has 0 aromatic carbocycles. The predicted octanol–water partition coefficient (Wildman–Crippen LogP) is 19.6. The van der Waals surface area contributed by atoms with Gasteiger partial charge in [-0.05, 0) is 109 Å². The summed E-state index contributed by atoms with van der Waals surface area (Å²) in [6.07, 6.45) is 70.6. The molecular weight excluding hydrogens is 841 g/mol. The first-order chi connectivity index (χ1) is 33.5. The summed E-state index contributed by atoms with van der Waals surface area (Å²) in [5.41, 5.74) is 0. The first-order valence-corrected chi connectivity index (χ1v) is 29.3. The molecule has 0 aromatic heterocycles. The van der Waals surface area contributed by atoms with Crippen molar-refractivity contribution in [3.8, 4) is 0 Å². The van der Waals surface area contributed by atoms with E-state index in [1.54, 1.807) is 0 Å². The number of hydrogen-bond acceptors (Lipinski definition) is 6. The highest BCUT2D eigenvalue weighted by Crippen LogP contribution is 2.15. The van der Waals surface area contributed by atoms with E-state index in [9.17, 15) is 14.4 Å². The van der Waals surface area contributed by atoms with E-state index in [-0.39, 0.29) is 31.1 Å². The third-order valence-electron chi connectivity index (χ3n) is 12.7. The molecule has 0 fully saturated rings. The van der Waals surface area contributed by atoms with Gasteiger partial charge in [0.05, 0.1) is 0 Å². The van der Waals surface area contributed by atoms with Gasteiger partial charge in [0, 0.05) is 19.3 Å². The first kappa shape index (κ1) is 65.1. The lowest BCUT2D eigenvalue weighted by atomic mass is 10.1. The van der Waals surface area contributed by atoms with E-state index in [4.69, 9.17) is 14.2 Å². The third-order valence-corrected chi connectivity index (χ3v) is 12.7. The van der Waals surface area contributed by atoms with Crippen molar-refractivity contribution in [1.82, 2.24) is 0 Å². The van der Waals surface area contributed by atoms with Gasteiger partial charge >= 0.3 is 17.9 Å². The molecule has 0 saturated carbocycles. The van der Waals surface area contributed by atoms with Crippen molar-refractivity contribution in [2.45, 2.75) is 303 Å². The lowest BCUT2D eigenvalue weighted by Gasteiger charge is -2.18. The van der Waals surface area contributed by atoms with Crippen molar-refractivity contribution in [1.29, 1.82) is 0 Å². The van der Waals surface area contributed by atoms with Gasteiger partial charge in [-0.1, -0.05) is 229 Å². The topological polar surface area (TPSA) is 78.9 Å². The second kappa shape index (κ2) is 56.7. The van der Waals surface area contributed by atoms with Gasteiger partial charge in [0.1, 0.15) is 13.2 Å². The Morgan fingerprint density at radius 1 is 0.294 bits per heavy atom. The van der Waals surface area contributed by atoms with Crippen LogP contribution >= 0.6 is 0 Å². The number of ether oxygens (including phenoxy) is 3. The quantitative estimate of drug-likeness (QED) is 0.0262. The Kier molecular flexibility index (Phi) is 54.3. The van der Waals surface area contributed by atoms with E-state index in [1.807, 2.05) is 0 Å². The van der Waals surface area contributed by atoms with Crippen LogP contribution in [0.15, 0.2) is 60.8 Å². The van der Waals surface area contributed by atoms with Gasteiger partial charge in [0.15, 0.2) is 6.10 Å². The van der Waals surface area contributed by atoms with Crippen molar-refractivity contribution < 1.29 is 28.6 Å². The van der Waals surface area contributed by atoms with E-state index in [0.29, 0.717) is 19.3 Å². The number of hydrogen-bond donors (Lipinski definition) is 0. The third kappa shape index (κ3) is 54.1. The zero-order valence-corrected chi connectivity index (χ0v) is 45.1. The van der Waals surface area contributed by atoms with Crippen LogP contribution in [-0.2, 0) is 28.6 Å². The maximum atomic E-state index is 12.8. The van der Waals surface area contributed by atoms with Gasteiger partial charge in [-0.25, -0.2) is 0 Å². The minimum absolute atomic E-state index is 0.0853. The summed E-state index contributed by atoms with van der Waals surface area (Å²) in [6.45, 7) is 6.61. The molecule has 0 spiro atoms. The molecule has 0 heterocycles. The Hall–Kier alpha value is -2.89. The van der Waals surface area contributed by atoms with Crippen LogP contribution in [-0.4, -0.2) is 37.2 Å². The van der Waals surface area contributed by atoms with Gasteiger partial charge in [-0.3, -0.25) is 14.4 Å². The van der Waals surface area contributed by atoms with Crippen LogP contribution in [0.3, 0.4) is 0 Å². The molecule has 0 aliphatic rings. The van der Waals surface area contributed by atoms with Crippen LogP contribution in [0.5, 0.6) is 0 Å². The number of allylic oxidation sites excluding steroid dienone is 10. The van der Waals surface area contributed by atoms with Gasteiger partial charge < -0.3 is 14.2 Å². The number of carbonyl (C=O) groups excluding carboxylic acids is 3. The molecule has 0 radical (unpaired) electrons. The normalized spacial score (nSPS) is 12.5. The van der Waals surface area contributed by atoms with Crippen LogP contribution in [0, 0.1) is 0 Å². The molecule has 68 heavy (non-hydrogen) atoms. The molecule has 0 amide bonds. The molecule has 0 aliphatic carbocycles. The summed E-state index contributed by atoms with van der Waals surface area (Å²) in [5.74, 6) is -0.904. The molecule has 0 rings (SSSR count). The Morgan fingerprint density at radius 3 is 0.838 bits per heavy atom. The van der Waals surface area contributed by atoms with E-state index in [0.717, 1.165) is 96.3 Å². The first-order valence-electron chi connectivity index (χ1n) is 29.3. The van der Waals surface area contributed by atoms with Crippen molar-refractivity contribution in [3.05, 3.63) is 60.8 Å². The summed E-state index contributed by atoms with van der Waals surface area (Å²) in [6, 6.07) is 0. The fraction of sp³-hybridized carbons (Fsp3) is 0.790. The van der Waals surface area contributed by atoms with Crippen LogP contribution in [0.25, 0.3) is 0 Å². The predicted molar refractivity (Wildman–Crippen MR) is 293 cm³/mol. The molecule has 1 unspecified atom stereocenters. The molecule has 1 atom stereocenters. The molecular formula is C62H110O6. The monoisotopic (exact) mass is 951 g/mol. The molecule has 6 heteroatoms. The van der Waals surface area contributed by atoms with E-state index >= 15 is 0 Å². The Labute approximate surface area is 421 Å². The van der Waals surface area contributed by atoms with Gasteiger partial charge in [-0.15, -0.1) is 0 Å². The van der Waals surface area contributed by atoms with E-state index in [2.05, 4.69) is 81.5 Å². The summed E-state index contributed by atoms with van der Waals surface area (Å²) in [7, 11) is 0. The van der Waals surface area contributed by atoms with Crippen molar-refractivity contribution in [3.63, 3.8) is 0 Å². The second-order valence-corrected chi connectivity index (χ2v) is 19.5. The smallest absolute Gasteiger partial charge is 0.306 e. The number of unbranched alkanes of at least 4 members (excludes halogenated alkanes) is 32. The Balaban J connectivity index is 4.39. The van der Waals surface area contributed by atoms with Crippen LogP contribution in [0.2, 0.25) is 0 Å². The van der Waals surface area contributed by atoms with Crippen molar-refractivity contribution in [2.24, 2.45) is 0 Å². The fourth-order valence-corrected chi connectivity index (χ4v) is 8.26. The standard InChI is InChI=1S/C62H110O6/c1-4-7-10-13-16-19-22-25-28-29-30-31-32-33-35-37-40-43-46-49-52-55-61(64)67-58-59(57-66-60(63)54-51-48-45-42-39-36-27-24-21-18-15-12-9-6-3)68-62(65)56-53-50-47-44-41-38-34-26-23-20-17-14-11-8-5-2/h22,24-27,29-30,32-34,59H,4-21,23,28,31,35-58H2,1-3H3/b25-22-,27-24-,30-29-,33-32-,34-26-. The van der Waals surface area contributed by atoms with Gasteiger partial charge in [0.25, 0.3) is 0 Å². The van der Waals surface area contributed by atoms with Crippen LogP contribution in [0.1, 0.15) is 297 Å². The molecule has 0 saturated heterocycles. The number of esters is 3. The fourth-order valence-electron chi connectivity index (χ4n) is 8.26. The largest absolute Gasteiger partial charge is 0.462 e. The minimum Gasteiger partial charge on any atom is -0.462 e. The highest BCUT2D eigenvalue weighted by Gasteiger charge is 2.19. The average Bonchev–Trinajstić information content (AvgIpc) is 3.34. The van der Waals surface area contributed by atoms with Crippen molar-refractivity contribution in [2.75, 3.05) is 13.2 Å². The lowest BCUT2D eigenvalue weighted by Crippen LogP contribution is -2.30. The lowest BCUT2D eigenvalue weighted by molar-refractivity contribution is -0.167. The maximum absolute atomic E-state index is 12.8. The molecule has 0 bridgehead atoms. The Morgan fingerprint density at radius 2 is 0.529 bits per heavy atom. The zero-order chi connectivity index (χ0) is 49.3. The van der Waals surface area contributed by atoms with Crippen molar-refractivity contribution >= 4 is 17.9 Å². The second-order valence-electron chi connectivity index (χ2n) is 19.5. The molecule has 394 valence electrons. The SMILES string of the molecule is CCCCCCC/C=C\C/C=C\C/C=C\CCCCCCCCC(=O)OCC(COC(=O)CCCCCCC/C=C\CCCCCCC)OC(=O)CCCCCCC/C=C\CCCCCCCC. The van der Waals surface area contributed by atoms with Crippen LogP contribution in [0.4, 0.5) is 0 Å². The molecule has 6 nitrogen and oxygen atoms in total. The summed E-state index contributed by atoms with van der Waals surface area (Å²) in [4.78, 5) is 38.1. The molecule has 0 aliphatic heterocycles. The van der Waals surface area contributed by atoms with Gasteiger partial charge in [0.2, 0.25) is 0 Å².